The van der Waals surface area contributed by atoms with Gasteiger partial charge in [0.05, 0.1) is 13.2 Å². The van der Waals surface area contributed by atoms with E-state index < -0.39 is 11.3 Å². The van der Waals surface area contributed by atoms with Gasteiger partial charge in [-0.05, 0) is 66.8 Å². The minimum absolute atomic E-state index is 0.00408. The van der Waals surface area contributed by atoms with E-state index in [0.29, 0.717) is 44.8 Å². The van der Waals surface area contributed by atoms with Crippen LogP contribution in [0.2, 0.25) is 0 Å². The van der Waals surface area contributed by atoms with Gasteiger partial charge in [-0.1, -0.05) is 78.9 Å². The number of likely N-dealkylation sites (tertiary alicyclic amines) is 2. The van der Waals surface area contributed by atoms with Crippen LogP contribution in [0.1, 0.15) is 62.5 Å². The fourth-order valence-electron chi connectivity index (χ4n) is 7.21. The summed E-state index contributed by atoms with van der Waals surface area (Å²) in [5, 5.41) is 2.19. The number of piperidine rings is 2. The first kappa shape index (κ1) is 27.3. The monoisotopic (exact) mass is 550 g/mol. The molecule has 2 saturated heterocycles. The number of carbonyl (C=O) groups excluding carboxylic acids is 3. The van der Waals surface area contributed by atoms with E-state index in [-0.39, 0.29) is 30.8 Å². The Morgan fingerprint density at radius 3 is 2.46 bits per heavy atom. The van der Waals surface area contributed by atoms with Crippen molar-refractivity contribution >= 4 is 28.6 Å². The smallest absolute Gasteiger partial charge is 0.318 e. The summed E-state index contributed by atoms with van der Waals surface area (Å²) in [6.07, 6.45) is 5.63. The van der Waals surface area contributed by atoms with Crippen LogP contribution >= 0.6 is 0 Å². The number of fused-ring (bicyclic) bond motifs is 2. The third-order valence-electron chi connectivity index (χ3n) is 9.31. The summed E-state index contributed by atoms with van der Waals surface area (Å²) in [6, 6.07) is 24.8. The zero-order chi connectivity index (χ0) is 28.4. The van der Waals surface area contributed by atoms with Crippen LogP contribution in [-0.4, -0.2) is 47.3 Å². The number of allylic oxidation sites excluding steroid dienone is 1. The molecule has 2 heterocycles. The van der Waals surface area contributed by atoms with Crippen LogP contribution in [0.5, 0.6) is 0 Å². The SMILES string of the molecule is CCOC(=O)[C@]12CCC=C1N(Cc1cccc3ccccc13)C(=O)[C@H](CC(=O)N1CCC(c3ccccc3)CC1)C2. The van der Waals surface area contributed by atoms with E-state index in [4.69, 9.17) is 4.74 Å². The maximum atomic E-state index is 14.1. The topological polar surface area (TPSA) is 66.9 Å². The summed E-state index contributed by atoms with van der Waals surface area (Å²) in [5.74, 6) is -0.460. The van der Waals surface area contributed by atoms with Crippen LogP contribution in [0.3, 0.4) is 0 Å². The van der Waals surface area contributed by atoms with E-state index in [0.717, 1.165) is 34.9 Å². The first-order chi connectivity index (χ1) is 20.0. The highest BCUT2D eigenvalue weighted by Crippen LogP contribution is 2.52. The van der Waals surface area contributed by atoms with Crippen molar-refractivity contribution in [1.82, 2.24) is 9.80 Å². The molecule has 6 heteroatoms. The van der Waals surface area contributed by atoms with Gasteiger partial charge in [-0.3, -0.25) is 14.4 Å². The molecular weight excluding hydrogens is 512 g/mol. The molecule has 0 spiro atoms. The first-order valence-corrected chi connectivity index (χ1v) is 15.0. The minimum Gasteiger partial charge on any atom is -0.465 e. The molecule has 41 heavy (non-hydrogen) atoms. The molecule has 3 aromatic carbocycles. The van der Waals surface area contributed by atoms with Crippen molar-refractivity contribution in [2.75, 3.05) is 19.7 Å². The van der Waals surface area contributed by atoms with Gasteiger partial charge in [0, 0.05) is 31.1 Å². The van der Waals surface area contributed by atoms with Gasteiger partial charge >= 0.3 is 5.97 Å². The van der Waals surface area contributed by atoms with Crippen molar-refractivity contribution < 1.29 is 19.1 Å². The number of ether oxygens (including phenoxy) is 1. The zero-order valence-electron chi connectivity index (χ0n) is 23.8. The molecule has 2 aliphatic heterocycles. The molecule has 2 atom stereocenters. The molecule has 212 valence electrons. The highest BCUT2D eigenvalue weighted by atomic mass is 16.5. The highest BCUT2D eigenvalue weighted by molar-refractivity contribution is 5.93. The Morgan fingerprint density at radius 1 is 0.951 bits per heavy atom. The predicted octanol–water partition coefficient (Wildman–Crippen LogP) is 6.21. The van der Waals surface area contributed by atoms with E-state index in [1.165, 1.54) is 5.56 Å². The van der Waals surface area contributed by atoms with Crippen molar-refractivity contribution in [1.29, 1.82) is 0 Å². The highest BCUT2D eigenvalue weighted by Gasteiger charge is 2.55. The van der Waals surface area contributed by atoms with Crippen molar-refractivity contribution in [3.8, 4) is 0 Å². The standard InChI is InChI=1S/C35H38N2O4/c1-2-41-34(40)35-19-9-16-31(35)37(24-28-14-8-13-27-12-6-7-15-30(27)28)33(39)29(23-35)22-32(38)36-20-17-26(18-21-36)25-10-4-3-5-11-25/h3-8,10-16,26,29H,2,9,17-24H2,1H3/t29-,35+/m1/s1. The number of hydrogen-bond acceptors (Lipinski definition) is 4. The lowest BCUT2D eigenvalue weighted by Gasteiger charge is -2.44. The number of nitrogens with zero attached hydrogens (tertiary/aromatic N) is 2. The molecule has 3 aliphatic rings. The number of amides is 2. The van der Waals surface area contributed by atoms with Crippen LogP contribution in [0, 0.1) is 11.3 Å². The molecule has 6 rings (SSSR count). The Hall–Kier alpha value is -3.93. The van der Waals surface area contributed by atoms with E-state index in [2.05, 4.69) is 42.5 Å². The Balaban J connectivity index is 1.24. The normalized spacial score (nSPS) is 22.9. The molecule has 0 unspecified atom stereocenters. The van der Waals surface area contributed by atoms with Crippen LogP contribution in [0.15, 0.2) is 84.6 Å². The molecule has 0 aromatic heterocycles. The van der Waals surface area contributed by atoms with Crippen LogP contribution in [-0.2, 0) is 25.7 Å². The van der Waals surface area contributed by atoms with Crippen LogP contribution in [0.4, 0.5) is 0 Å². The molecule has 2 fully saturated rings. The van der Waals surface area contributed by atoms with Gasteiger partial charge in [-0.2, -0.15) is 0 Å². The second-order valence-electron chi connectivity index (χ2n) is 11.7. The molecule has 2 amide bonds. The maximum Gasteiger partial charge on any atom is 0.318 e. The summed E-state index contributed by atoms with van der Waals surface area (Å²) < 4.78 is 5.60. The van der Waals surface area contributed by atoms with Gasteiger partial charge in [0.25, 0.3) is 0 Å². The zero-order valence-corrected chi connectivity index (χ0v) is 23.8. The molecule has 0 N–H and O–H groups in total. The second-order valence-corrected chi connectivity index (χ2v) is 11.7. The first-order valence-electron chi connectivity index (χ1n) is 15.0. The van der Waals surface area contributed by atoms with Crippen LogP contribution in [0.25, 0.3) is 10.8 Å². The number of esters is 1. The largest absolute Gasteiger partial charge is 0.465 e. The van der Waals surface area contributed by atoms with Crippen molar-refractivity contribution in [2.24, 2.45) is 11.3 Å². The lowest BCUT2D eigenvalue weighted by Crippen LogP contribution is -2.52. The van der Waals surface area contributed by atoms with Gasteiger partial charge in [0.1, 0.15) is 5.41 Å². The van der Waals surface area contributed by atoms with Crippen molar-refractivity contribution in [2.45, 2.75) is 57.9 Å². The maximum absolute atomic E-state index is 14.1. The van der Waals surface area contributed by atoms with Crippen molar-refractivity contribution in [3.63, 3.8) is 0 Å². The average molecular weight is 551 g/mol. The van der Waals surface area contributed by atoms with Gasteiger partial charge in [0.2, 0.25) is 11.8 Å². The van der Waals surface area contributed by atoms with E-state index in [1.807, 2.05) is 48.2 Å². The molecule has 3 aromatic rings. The Kier molecular flexibility index (Phi) is 7.65. The van der Waals surface area contributed by atoms with Gasteiger partial charge < -0.3 is 14.5 Å². The van der Waals surface area contributed by atoms with E-state index in [1.54, 1.807) is 4.90 Å². The Bertz CT molecular complexity index is 1470. The second kappa shape index (κ2) is 11.5. The average Bonchev–Trinajstić information content (AvgIpc) is 3.45. The van der Waals surface area contributed by atoms with Gasteiger partial charge in [-0.15, -0.1) is 0 Å². The number of rotatable bonds is 7. The number of benzene rings is 3. The van der Waals surface area contributed by atoms with Gasteiger partial charge in [0.15, 0.2) is 0 Å². The molecule has 1 aliphatic carbocycles. The fourth-order valence-corrected chi connectivity index (χ4v) is 7.21. The van der Waals surface area contributed by atoms with Crippen molar-refractivity contribution in [3.05, 3.63) is 95.7 Å². The fraction of sp³-hybridized carbons (Fsp3) is 0.400. The molecular formula is C35H38N2O4. The Morgan fingerprint density at radius 2 is 1.68 bits per heavy atom. The lowest BCUT2D eigenvalue weighted by molar-refractivity contribution is -0.161. The molecule has 0 saturated carbocycles. The lowest BCUT2D eigenvalue weighted by atomic mass is 9.71. The number of hydrogen-bond donors (Lipinski definition) is 0. The minimum atomic E-state index is -0.889. The quantitative estimate of drug-likeness (QED) is 0.328. The van der Waals surface area contributed by atoms with E-state index >= 15 is 0 Å². The Labute approximate surface area is 242 Å². The summed E-state index contributed by atoms with van der Waals surface area (Å²) in [5.41, 5.74) is 2.21. The molecule has 6 nitrogen and oxygen atoms in total. The summed E-state index contributed by atoms with van der Waals surface area (Å²) in [7, 11) is 0. The third kappa shape index (κ3) is 5.16. The summed E-state index contributed by atoms with van der Waals surface area (Å²) in [4.78, 5) is 45.0. The molecule has 0 radical (unpaired) electrons. The van der Waals surface area contributed by atoms with E-state index in [9.17, 15) is 14.4 Å². The van der Waals surface area contributed by atoms with Crippen LogP contribution < -0.4 is 0 Å². The van der Waals surface area contributed by atoms with Gasteiger partial charge in [-0.25, -0.2) is 0 Å². The summed E-state index contributed by atoms with van der Waals surface area (Å²) in [6.45, 7) is 3.83. The number of carbonyl (C=O) groups is 3. The molecule has 0 bridgehead atoms. The predicted molar refractivity (Wildman–Crippen MR) is 159 cm³/mol. The third-order valence-corrected chi connectivity index (χ3v) is 9.31. The summed E-state index contributed by atoms with van der Waals surface area (Å²) >= 11 is 0.